The van der Waals surface area contributed by atoms with Gasteiger partial charge in [-0.05, 0) is 36.8 Å². The Morgan fingerprint density at radius 2 is 2.22 bits per heavy atom. The summed E-state index contributed by atoms with van der Waals surface area (Å²) < 4.78 is 1.68. The highest BCUT2D eigenvalue weighted by Crippen LogP contribution is 2.22. The first-order valence-corrected chi connectivity index (χ1v) is 5.67. The van der Waals surface area contributed by atoms with Crippen LogP contribution in [0.4, 0.5) is 0 Å². The van der Waals surface area contributed by atoms with Crippen molar-refractivity contribution >= 4 is 23.6 Å². The molecule has 0 saturated carbocycles. The molecule has 5 heteroatoms. The Morgan fingerprint density at radius 1 is 1.44 bits per heavy atom. The Labute approximate surface area is 109 Å². The Bertz CT molecular complexity index is 617. The van der Waals surface area contributed by atoms with E-state index in [0.29, 0.717) is 5.02 Å². The van der Waals surface area contributed by atoms with Gasteiger partial charge < -0.3 is 5.11 Å². The van der Waals surface area contributed by atoms with Gasteiger partial charge in [-0.25, -0.2) is 9.48 Å². The predicted octanol–water partition coefficient (Wildman–Crippen LogP) is 2.93. The maximum Gasteiger partial charge on any atom is 0.328 e. The second kappa shape index (κ2) is 5.06. The number of aryl methyl sites for hydroxylation is 1. The molecule has 0 fully saturated rings. The normalized spacial score (nSPS) is 11.0. The molecule has 1 aromatic heterocycles. The summed E-state index contributed by atoms with van der Waals surface area (Å²) in [6.07, 6.45) is 4.39. The molecule has 0 aliphatic carbocycles. The Hall–Kier alpha value is -2.07. The van der Waals surface area contributed by atoms with E-state index in [-0.39, 0.29) is 0 Å². The van der Waals surface area contributed by atoms with Crippen molar-refractivity contribution in [1.29, 1.82) is 0 Å². The second-order valence-corrected chi connectivity index (χ2v) is 4.19. The van der Waals surface area contributed by atoms with Crippen molar-refractivity contribution < 1.29 is 9.90 Å². The van der Waals surface area contributed by atoms with Crippen LogP contribution in [-0.4, -0.2) is 20.9 Å². The van der Waals surface area contributed by atoms with E-state index in [1.165, 1.54) is 6.08 Å². The molecule has 2 aromatic rings. The minimum atomic E-state index is -0.988. The Balaban J connectivity index is 2.33. The fourth-order valence-corrected chi connectivity index (χ4v) is 1.80. The molecule has 0 radical (unpaired) electrons. The van der Waals surface area contributed by atoms with Crippen LogP contribution in [0.15, 0.2) is 36.5 Å². The maximum absolute atomic E-state index is 10.4. The van der Waals surface area contributed by atoms with Gasteiger partial charge >= 0.3 is 5.97 Å². The Morgan fingerprint density at radius 3 is 2.78 bits per heavy atom. The number of nitrogens with zero attached hydrogens (tertiary/aromatic N) is 2. The monoisotopic (exact) mass is 262 g/mol. The van der Waals surface area contributed by atoms with Gasteiger partial charge in [0.15, 0.2) is 0 Å². The van der Waals surface area contributed by atoms with E-state index in [1.807, 2.05) is 19.2 Å². The summed E-state index contributed by atoms with van der Waals surface area (Å²) in [5.74, 6) is -0.988. The number of hydrogen-bond donors (Lipinski definition) is 1. The molecule has 4 nitrogen and oxygen atoms in total. The molecule has 0 saturated heterocycles. The number of carboxylic acids is 1. The highest BCUT2D eigenvalue weighted by atomic mass is 35.5. The molecule has 1 aromatic carbocycles. The van der Waals surface area contributed by atoms with Gasteiger partial charge in [0.25, 0.3) is 0 Å². The molecule has 2 rings (SSSR count). The third kappa shape index (κ3) is 2.78. The van der Waals surface area contributed by atoms with Gasteiger partial charge in [0.1, 0.15) is 0 Å². The summed E-state index contributed by atoms with van der Waals surface area (Å²) in [5, 5.41) is 13.3. The third-order valence-corrected chi connectivity index (χ3v) is 2.66. The largest absolute Gasteiger partial charge is 0.478 e. The molecular weight excluding hydrogens is 252 g/mol. The molecule has 18 heavy (non-hydrogen) atoms. The van der Waals surface area contributed by atoms with Crippen LogP contribution in [0.3, 0.4) is 0 Å². The van der Waals surface area contributed by atoms with E-state index < -0.39 is 5.97 Å². The molecule has 92 valence electrons. The van der Waals surface area contributed by atoms with Crippen molar-refractivity contribution in [3.8, 4) is 5.69 Å². The molecule has 0 bridgehead atoms. The van der Waals surface area contributed by atoms with E-state index >= 15 is 0 Å². The number of benzene rings is 1. The van der Waals surface area contributed by atoms with Gasteiger partial charge in [0.05, 0.1) is 16.4 Å². The fourth-order valence-electron chi connectivity index (χ4n) is 1.53. The lowest BCUT2D eigenvalue weighted by Crippen LogP contribution is -1.96. The minimum absolute atomic E-state index is 0.519. The SMILES string of the molecule is Cc1ccn(-c2ccc(/C=C/C(=O)O)cc2Cl)n1. The van der Waals surface area contributed by atoms with E-state index in [9.17, 15) is 4.79 Å². The fraction of sp³-hybridized carbons (Fsp3) is 0.0769. The summed E-state index contributed by atoms with van der Waals surface area (Å²) in [7, 11) is 0. The number of carboxylic acid groups (broad SMARTS) is 1. The third-order valence-electron chi connectivity index (χ3n) is 2.36. The number of hydrogen-bond acceptors (Lipinski definition) is 2. The van der Waals surface area contributed by atoms with Crippen LogP contribution in [0.25, 0.3) is 11.8 Å². The molecule has 0 amide bonds. The van der Waals surface area contributed by atoms with Gasteiger partial charge in [-0.3, -0.25) is 0 Å². The first-order chi connectivity index (χ1) is 8.56. The molecule has 0 aliphatic heterocycles. The Kier molecular flexibility index (Phi) is 3.48. The number of halogens is 1. The van der Waals surface area contributed by atoms with Crippen LogP contribution in [0.2, 0.25) is 5.02 Å². The maximum atomic E-state index is 10.4. The lowest BCUT2D eigenvalue weighted by molar-refractivity contribution is -0.131. The average molecular weight is 263 g/mol. The first-order valence-electron chi connectivity index (χ1n) is 5.29. The molecule has 0 spiro atoms. The lowest BCUT2D eigenvalue weighted by atomic mass is 10.2. The quantitative estimate of drug-likeness (QED) is 0.866. The van der Waals surface area contributed by atoms with E-state index in [2.05, 4.69) is 5.10 Å². The van der Waals surface area contributed by atoms with Crippen molar-refractivity contribution in [2.24, 2.45) is 0 Å². The van der Waals surface area contributed by atoms with E-state index in [1.54, 1.807) is 22.9 Å². The van der Waals surface area contributed by atoms with Crippen molar-refractivity contribution in [3.63, 3.8) is 0 Å². The molecule has 0 atom stereocenters. The molecule has 1 heterocycles. The summed E-state index contributed by atoms with van der Waals surface area (Å²) in [6.45, 7) is 1.90. The number of aliphatic carboxylic acids is 1. The summed E-state index contributed by atoms with van der Waals surface area (Å²) >= 11 is 6.15. The molecule has 0 aliphatic rings. The van der Waals surface area contributed by atoms with Crippen LogP contribution in [0.5, 0.6) is 0 Å². The van der Waals surface area contributed by atoms with Crippen LogP contribution in [0, 0.1) is 6.92 Å². The van der Waals surface area contributed by atoms with Crippen LogP contribution < -0.4 is 0 Å². The average Bonchev–Trinajstić information content (AvgIpc) is 2.73. The van der Waals surface area contributed by atoms with E-state index in [0.717, 1.165) is 23.0 Å². The van der Waals surface area contributed by atoms with Gasteiger partial charge in [0.2, 0.25) is 0 Å². The van der Waals surface area contributed by atoms with E-state index in [4.69, 9.17) is 16.7 Å². The number of carbonyl (C=O) groups is 1. The number of aromatic nitrogens is 2. The smallest absolute Gasteiger partial charge is 0.328 e. The summed E-state index contributed by atoms with van der Waals surface area (Å²) in [5.41, 5.74) is 2.40. The predicted molar refractivity (Wildman–Crippen MR) is 70.0 cm³/mol. The van der Waals surface area contributed by atoms with Crippen molar-refractivity contribution in [2.45, 2.75) is 6.92 Å². The lowest BCUT2D eigenvalue weighted by Gasteiger charge is -2.05. The van der Waals surface area contributed by atoms with Gasteiger partial charge in [-0.15, -0.1) is 0 Å². The minimum Gasteiger partial charge on any atom is -0.478 e. The highest BCUT2D eigenvalue weighted by Gasteiger charge is 2.04. The van der Waals surface area contributed by atoms with Gasteiger partial charge in [-0.2, -0.15) is 5.10 Å². The molecule has 0 unspecified atom stereocenters. The zero-order chi connectivity index (χ0) is 13.1. The molecular formula is C13H11ClN2O2. The first kappa shape index (κ1) is 12.4. The topological polar surface area (TPSA) is 55.1 Å². The van der Waals surface area contributed by atoms with Crippen molar-refractivity contribution in [3.05, 3.63) is 52.8 Å². The van der Waals surface area contributed by atoms with Crippen LogP contribution in [-0.2, 0) is 4.79 Å². The zero-order valence-electron chi connectivity index (χ0n) is 9.67. The summed E-state index contributed by atoms with van der Waals surface area (Å²) in [6, 6.07) is 7.18. The van der Waals surface area contributed by atoms with Crippen molar-refractivity contribution in [1.82, 2.24) is 9.78 Å². The van der Waals surface area contributed by atoms with Gasteiger partial charge in [-0.1, -0.05) is 17.7 Å². The standard InChI is InChI=1S/C13H11ClN2O2/c1-9-6-7-16(15-9)12-4-2-10(8-11(12)14)3-5-13(17)18/h2-8H,1H3,(H,17,18)/b5-3+. The zero-order valence-corrected chi connectivity index (χ0v) is 10.4. The number of rotatable bonds is 3. The van der Waals surface area contributed by atoms with Crippen LogP contribution in [0.1, 0.15) is 11.3 Å². The van der Waals surface area contributed by atoms with Crippen molar-refractivity contribution in [2.75, 3.05) is 0 Å². The molecule has 1 N–H and O–H groups in total. The second-order valence-electron chi connectivity index (χ2n) is 3.78. The van der Waals surface area contributed by atoms with Crippen LogP contribution >= 0.6 is 11.6 Å². The highest BCUT2D eigenvalue weighted by molar-refractivity contribution is 6.32. The summed E-state index contributed by atoms with van der Waals surface area (Å²) in [4.78, 5) is 10.4. The van der Waals surface area contributed by atoms with Gasteiger partial charge in [0, 0.05) is 12.3 Å².